The van der Waals surface area contributed by atoms with Gasteiger partial charge in [-0.25, -0.2) is 4.79 Å². The molecule has 1 atom stereocenters. The Kier molecular flexibility index (Phi) is 4.09. The summed E-state index contributed by atoms with van der Waals surface area (Å²) in [6.45, 7) is 3.35. The van der Waals surface area contributed by atoms with Crippen LogP contribution in [0.2, 0.25) is 0 Å². The van der Waals surface area contributed by atoms with Gasteiger partial charge >= 0.3 is 5.97 Å². The molecule has 5 heteroatoms. The van der Waals surface area contributed by atoms with Crippen molar-refractivity contribution in [1.29, 1.82) is 0 Å². The van der Waals surface area contributed by atoms with Crippen LogP contribution in [0.4, 0.5) is 5.69 Å². The lowest BCUT2D eigenvalue weighted by Crippen LogP contribution is -2.39. The number of anilines is 1. The van der Waals surface area contributed by atoms with E-state index in [1.165, 1.54) is 7.11 Å². The van der Waals surface area contributed by atoms with Crippen LogP contribution in [-0.2, 0) is 9.53 Å². The van der Waals surface area contributed by atoms with Crippen LogP contribution in [0.5, 0.6) is 0 Å². The molecular formula is C12H16N2O3. The van der Waals surface area contributed by atoms with Gasteiger partial charge in [-0.05, 0) is 37.6 Å². The van der Waals surface area contributed by atoms with E-state index in [1.807, 2.05) is 0 Å². The Bertz CT molecular complexity index is 443. The van der Waals surface area contributed by atoms with Crippen LogP contribution >= 0.6 is 0 Å². The molecule has 0 saturated heterocycles. The normalized spacial score (nSPS) is 11.7. The molecular weight excluding hydrogens is 220 g/mol. The number of aryl methyl sites for hydroxylation is 1. The van der Waals surface area contributed by atoms with Crippen LogP contribution in [0, 0.1) is 6.92 Å². The number of esters is 1. The summed E-state index contributed by atoms with van der Waals surface area (Å²) in [6.07, 6.45) is 0. The molecule has 0 aliphatic rings. The van der Waals surface area contributed by atoms with Crippen molar-refractivity contribution in [1.82, 2.24) is 5.32 Å². The lowest BCUT2D eigenvalue weighted by Gasteiger charge is -2.12. The summed E-state index contributed by atoms with van der Waals surface area (Å²) in [5, 5.41) is 2.55. The van der Waals surface area contributed by atoms with Gasteiger partial charge in [0, 0.05) is 11.3 Å². The molecule has 1 aromatic rings. The van der Waals surface area contributed by atoms with Crippen LogP contribution < -0.4 is 11.1 Å². The quantitative estimate of drug-likeness (QED) is 0.602. The highest BCUT2D eigenvalue weighted by atomic mass is 16.5. The average Bonchev–Trinajstić information content (AvgIpc) is 2.27. The predicted molar refractivity (Wildman–Crippen MR) is 64.5 cm³/mol. The van der Waals surface area contributed by atoms with E-state index in [9.17, 15) is 9.59 Å². The van der Waals surface area contributed by atoms with E-state index >= 15 is 0 Å². The van der Waals surface area contributed by atoms with Gasteiger partial charge in [0.15, 0.2) is 0 Å². The second-order valence-electron chi connectivity index (χ2n) is 3.79. The number of amides is 1. The number of nitrogens with one attached hydrogen (secondary N) is 1. The standard InChI is InChI=1S/C12H16N2O3/c1-7-6-9(13)4-5-10(7)11(15)14-8(2)12(16)17-3/h4-6,8H,13H2,1-3H3,(H,14,15). The molecule has 0 aliphatic heterocycles. The maximum atomic E-state index is 11.8. The zero-order chi connectivity index (χ0) is 13.0. The highest BCUT2D eigenvalue weighted by Gasteiger charge is 2.17. The molecule has 0 spiro atoms. The summed E-state index contributed by atoms with van der Waals surface area (Å²) in [6, 6.07) is 4.30. The number of benzene rings is 1. The highest BCUT2D eigenvalue weighted by Crippen LogP contribution is 2.12. The van der Waals surface area contributed by atoms with E-state index in [0.29, 0.717) is 11.3 Å². The van der Waals surface area contributed by atoms with E-state index in [4.69, 9.17) is 5.73 Å². The van der Waals surface area contributed by atoms with Gasteiger partial charge in [-0.2, -0.15) is 0 Å². The Morgan fingerprint density at radius 3 is 2.59 bits per heavy atom. The third-order valence-electron chi connectivity index (χ3n) is 2.40. The Balaban J connectivity index is 2.80. The molecule has 0 bridgehead atoms. The first-order valence-corrected chi connectivity index (χ1v) is 5.20. The van der Waals surface area contributed by atoms with Crippen LogP contribution in [0.1, 0.15) is 22.8 Å². The highest BCUT2D eigenvalue weighted by molar-refractivity contribution is 5.98. The third kappa shape index (κ3) is 3.21. The molecule has 1 unspecified atom stereocenters. The minimum atomic E-state index is -0.676. The monoisotopic (exact) mass is 236 g/mol. The molecule has 0 radical (unpaired) electrons. The van der Waals surface area contributed by atoms with Gasteiger partial charge in [0.1, 0.15) is 6.04 Å². The molecule has 0 saturated carbocycles. The number of nitrogens with two attached hydrogens (primary N) is 1. The van der Waals surface area contributed by atoms with Crippen LogP contribution in [0.25, 0.3) is 0 Å². The van der Waals surface area contributed by atoms with Crippen molar-refractivity contribution < 1.29 is 14.3 Å². The summed E-state index contributed by atoms with van der Waals surface area (Å²) in [4.78, 5) is 23.0. The van der Waals surface area contributed by atoms with Gasteiger partial charge in [-0.3, -0.25) is 4.79 Å². The summed E-state index contributed by atoms with van der Waals surface area (Å²) >= 11 is 0. The number of carbonyl (C=O) groups excluding carboxylic acids is 2. The molecule has 3 N–H and O–H groups in total. The molecule has 0 fully saturated rings. The first-order valence-electron chi connectivity index (χ1n) is 5.20. The van der Waals surface area contributed by atoms with Crippen molar-refractivity contribution in [3.63, 3.8) is 0 Å². The van der Waals surface area contributed by atoms with E-state index in [1.54, 1.807) is 32.0 Å². The number of hydrogen-bond acceptors (Lipinski definition) is 4. The predicted octanol–water partition coefficient (Wildman–Crippen LogP) is 0.869. The smallest absolute Gasteiger partial charge is 0.328 e. The number of hydrogen-bond donors (Lipinski definition) is 2. The molecule has 17 heavy (non-hydrogen) atoms. The van der Waals surface area contributed by atoms with Crippen molar-refractivity contribution in [2.24, 2.45) is 0 Å². The second-order valence-corrected chi connectivity index (χ2v) is 3.79. The Morgan fingerprint density at radius 1 is 1.41 bits per heavy atom. The van der Waals surface area contributed by atoms with Gasteiger partial charge in [-0.15, -0.1) is 0 Å². The number of nitrogen functional groups attached to an aromatic ring is 1. The molecule has 92 valence electrons. The largest absolute Gasteiger partial charge is 0.467 e. The third-order valence-corrected chi connectivity index (χ3v) is 2.40. The summed E-state index contributed by atoms with van der Waals surface area (Å²) < 4.78 is 4.52. The zero-order valence-corrected chi connectivity index (χ0v) is 10.1. The van der Waals surface area contributed by atoms with E-state index in [-0.39, 0.29) is 5.91 Å². The lowest BCUT2D eigenvalue weighted by atomic mass is 10.1. The Labute approximate surface area is 99.9 Å². The van der Waals surface area contributed by atoms with Gasteiger partial charge in [0.05, 0.1) is 7.11 Å². The van der Waals surface area contributed by atoms with Gasteiger partial charge in [0.25, 0.3) is 5.91 Å². The molecule has 0 aromatic heterocycles. The van der Waals surface area contributed by atoms with Gasteiger partial charge in [0.2, 0.25) is 0 Å². The van der Waals surface area contributed by atoms with Crippen molar-refractivity contribution in [3.05, 3.63) is 29.3 Å². The number of methoxy groups -OCH3 is 1. The summed E-state index contributed by atoms with van der Waals surface area (Å²) in [5.74, 6) is -0.799. The lowest BCUT2D eigenvalue weighted by molar-refractivity contribution is -0.142. The zero-order valence-electron chi connectivity index (χ0n) is 10.1. The molecule has 0 heterocycles. The van der Waals surface area contributed by atoms with E-state index in [2.05, 4.69) is 10.1 Å². The van der Waals surface area contributed by atoms with Crippen molar-refractivity contribution in [2.45, 2.75) is 19.9 Å². The van der Waals surface area contributed by atoms with Gasteiger partial charge in [-0.1, -0.05) is 0 Å². The molecule has 1 aromatic carbocycles. The maximum absolute atomic E-state index is 11.8. The fraction of sp³-hybridized carbons (Fsp3) is 0.333. The number of rotatable bonds is 3. The molecule has 1 amide bonds. The Morgan fingerprint density at radius 2 is 2.06 bits per heavy atom. The van der Waals surface area contributed by atoms with Crippen LogP contribution in [0.3, 0.4) is 0 Å². The molecule has 1 rings (SSSR count). The van der Waals surface area contributed by atoms with Crippen LogP contribution in [-0.4, -0.2) is 25.0 Å². The van der Waals surface area contributed by atoms with Gasteiger partial charge < -0.3 is 15.8 Å². The summed E-state index contributed by atoms with van der Waals surface area (Å²) in [7, 11) is 1.28. The van der Waals surface area contributed by atoms with E-state index in [0.717, 1.165) is 5.56 Å². The average molecular weight is 236 g/mol. The minimum Gasteiger partial charge on any atom is -0.467 e. The topological polar surface area (TPSA) is 81.4 Å². The second kappa shape index (κ2) is 5.34. The molecule has 5 nitrogen and oxygen atoms in total. The van der Waals surface area contributed by atoms with Crippen LogP contribution in [0.15, 0.2) is 18.2 Å². The molecule has 0 aliphatic carbocycles. The fourth-order valence-electron chi connectivity index (χ4n) is 1.45. The fourth-order valence-corrected chi connectivity index (χ4v) is 1.45. The van der Waals surface area contributed by atoms with Crippen molar-refractivity contribution in [2.75, 3.05) is 12.8 Å². The first-order chi connectivity index (χ1) is 7.95. The SMILES string of the molecule is COC(=O)C(C)NC(=O)c1ccc(N)cc1C. The number of carbonyl (C=O) groups is 2. The number of ether oxygens (including phenoxy) is 1. The summed E-state index contributed by atoms with van der Waals surface area (Å²) in [5.41, 5.74) is 7.45. The van der Waals surface area contributed by atoms with Crippen molar-refractivity contribution in [3.8, 4) is 0 Å². The minimum absolute atomic E-state index is 0.319. The Hall–Kier alpha value is -2.04. The first kappa shape index (κ1) is 13.0. The van der Waals surface area contributed by atoms with Crippen molar-refractivity contribution >= 4 is 17.6 Å². The maximum Gasteiger partial charge on any atom is 0.328 e. The van der Waals surface area contributed by atoms with E-state index < -0.39 is 12.0 Å².